The molecule has 5 nitrogen and oxygen atoms in total. The van der Waals surface area contributed by atoms with Crippen LogP contribution in [-0.4, -0.2) is 53.2 Å². The molecule has 1 fully saturated rings. The van der Waals surface area contributed by atoms with Crippen molar-refractivity contribution in [2.45, 2.75) is 38.6 Å². The number of hydrogen-bond donors (Lipinski definition) is 1. The van der Waals surface area contributed by atoms with Crippen molar-refractivity contribution in [1.82, 2.24) is 9.88 Å². The molecule has 1 aliphatic rings. The summed E-state index contributed by atoms with van der Waals surface area (Å²) in [6.07, 6.45) is 0. The highest BCUT2D eigenvalue weighted by atomic mass is 32.1. The molecule has 6 heteroatoms. The second-order valence-corrected chi connectivity index (χ2v) is 7.44. The van der Waals surface area contributed by atoms with Gasteiger partial charge in [-0.1, -0.05) is 0 Å². The Morgan fingerprint density at radius 1 is 1.45 bits per heavy atom. The van der Waals surface area contributed by atoms with E-state index in [9.17, 15) is 9.90 Å². The molecule has 2 rings (SSSR count). The highest BCUT2D eigenvalue weighted by Crippen LogP contribution is 2.31. The number of aromatic nitrogens is 1. The van der Waals surface area contributed by atoms with Gasteiger partial charge in [0.05, 0.1) is 5.69 Å². The first-order valence-corrected chi connectivity index (χ1v) is 7.68. The molecular formula is C14H23N3O2S. The van der Waals surface area contributed by atoms with Gasteiger partial charge in [0, 0.05) is 30.6 Å². The second-order valence-electron chi connectivity index (χ2n) is 6.60. The molecule has 0 radical (unpaired) electrons. The molecule has 0 spiro atoms. The molecule has 1 aromatic heterocycles. The number of piperazine rings is 1. The van der Waals surface area contributed by atoms with Gasteiger partial charge in [-0.25, -0.2) is 4.98 Å². The number of thiazole rings is 1. The van der Waals surface area contributed by atoms with E-state index in [1.165, 1.54) is 11.3 Å². The molecule has 0 bridgehead atoms. The molecule has 0 aromatic carbocycles. The van der Waals surface area contributed by atoms with E-state index >= 15 is 0 Å². The first-order valence-electron chi connectivity index (χ1n) is 6.80. The van der Waals surface area contributed by atoms with Gasteiger partial charge < -0.3 is 10.0 Å². The lowest BCUT2D eigenvalue weighted by Gasteiger charge is -2.45. The first-order chi connectivity index (χ1) is 9.14. The number of hydrogen-bond acceptors (Lipinski definition) is 5. The summed E-state index contributed by atoms with van der Waals surface area (Å²) in [6.45, 7) is 10.7. The molecule has 0 amide bonds. The highest BCUT2D eigenvalue weighted by Gasteiger charge is 2.35. The molecule has 20 heavy (non-hydrogen) atoms. The summed E-state index contributed by atoms with van der Waals surface area (Å²) in [5, 5.41) is 12.1. The van der Waals surface area contributed by atoms with E-state index in [0.717, 1.165) is 24.8 Å². The van der Waals surface area contributed by atoms with Crippen LogP contribution in [0.4, 0.5) is 5.13 Å². The van der Waals surface area contributed by atoms with Crippen LogP contribution in [0.1, 0.15) is 33.4 Å². The van der Waals surface area contributed by atoms with Gasteiger partial charge in [0.15, 0.2) is 5.13 Å². The summed E-state index contributed by atoms with van der Waals surface area (Å²) in [5.41, 5.74) is -0.190. The molecule has 0 atom stereocenters. The van der Waals surface area contributed by atoms with Crippen LogP contribution in [0.2, 0.25) is 0 Å². The van der Waals surface area contributed by atoms with Crippen molar-refractivity contribution < 1.29 is 9.90 Å². The van der Waals surface area contributed by atoms with Crippen molar-refractivity contribution in [3.05, 3.63) is 11.1 Å². The van der Waals surface area contributed by atoms with Crippen LogP contribution in [-0.2, 0) is 10.2 Å². The molecule has 112 valence electrons. The zero-order chi connectivity index (χ0) is 15.1. The predicted molar refractivity (Wildman–Crippen MR) is 81.7 cm³/mol. The minimum absolute atomic E-state index is 0.104. The average Bonchev–Trinajstić information content (AvgIpc) is 2.82. The Hall–Kier alpha value is -1.14. The Kier molecular flexibility index (Phi) is 3.81. The minimum Gasteiger partial charge on any atom is -0.481 e. The number of rotatable bonds is 3. The van der Waals surface area contributed by atoms with Crippen molar-refractivity contribution in [2.75, 3.05) is 31.6 Å². The van der Waals surface area contributed by atoms with Crippen LogP contribution >= 0.6 is 11.3 Å². The van der Waals surface area contributed by atoms with Crippen molar-refractivity contribution in [3.8, 4) is 0 Å². The zero-order valence-corrected chi connectivity index (χ0v) is 13.6. The molecule has 1 saturated heterocycles. The summed E-state index contributed by atoms with van der Waals surface area (Å²) in [6, 6.07) is 0. The normalized spacial score (nSPS) is 20.1. The van der Waals surface area contributed by atoms with Crippen LogP contribution in [0.25, 0.3) is 0 Å². The fourth-order valence-electron chi connectivity index (χ4n) is 2.21. The fourth-order valence-corrected chi connectivity index (χ4v) is 3.23. The van der Waals surface area contributed by atoms with Crippen LogP contribution in [0.3, 0.4) is 0 Å². The predicted octanol–water partition coefficient (Wildman–Crippen LogP) is 2.04. The number of likely N-dealkylation sites (N-methyl/N-ethyl adjacent to an activating group) is 1. The zero-order valence-electron chi connectivity index (χ0n) is 12.8. The largest absolute Gasteiger partial charge is 0.481 e. The van der Waals surface area contributed by atoms with Crippen LogP contribution in [0.15, 0.2) is 5.38 Å². The van der Waals surface area contributed by atoms with Crippen molar-refractivity contribution in [2.24, 2.45) is 0 Å². The lowest BCUT2D eigenvalue weighted by atomic mass is 9.90. The third-order valence-corrected chi connectivity index (χ3v) is 5.16. The smallest absolute Gasteiger partial charge is 0.315 e. The van der Waals surface area contributed by atoms with E-state index in [2.05, 4.69) is 35.7 Å². The average molecular weight is 297 g/mol. The lowest BCUT2D eigenvalue weighted by Crippen LogP contribution is -2.57. The summed E-state index contributed by atoms with van der Waals surface area (Å²) in [5.74, 6) is -0.840. The SMILES string of the molecule is CN1CCN(c2nc(C(C)(C)C(=O)O)cs2)CC1(C)C. The number of carbonyl (C=O) groups is 1. The Balaban J connectivity index is 2.20. The quantitative estimate of drug-likeness (QED) is 0.925. The maximum Gasteiger partial charge on any atom is 0.315 e. The van der Waals surface area contributed by atoms with Gasteiger partial charge in [-0.05, 0) is 34.7 Å². The Labute approximate surface area is 124 Å². The molecule has 1 aliphatic heterocycles. The maximum atomic E-state index is 11.3. The van der Waals surface area contributed by atoms with Crippen LogP contribution in [0, 0.1) is 0 Å². The molecule has 2 heterocycles. The summed E-state index contributed by atoms with van der Waals surface area (Å²) in [7, 11) is 2.14. The van der Waals surface area contributed by atoms with Gasteiger partial charge in [0.1, 0.15) is 5.41 Å². The topological polar surface area (TPSA) is 56.7 Å². The van der Waals surface area contributed by atoms with Gasteiger partial charge in [0.2, 0.25) is 0 Å². The first kappa shape index (κ1) is 15.3. The Bertz CT molecular complexity index is 510. The molecule has 1 N–H and O–H groups in total. The third kappa shape index (κ3) is 2.67. The lowest BCUT2D eigenvalue weighted by molar-refractivity contribution is -0.142. The highest BCUT2D eigenvalue weighted by molar-refractivity contribution is 7.13. The van der Waals surface area contributed by atoms with Gasteiger partial charge in [-0.15, -0.1) is 11.3 Å². The van der Waals surface area contributed by atoms with Crippen LogP contribution < -0.4 is 4.90 Å². The minimum atomic E-state index is -0.934. The number of anilines is 1. The number of aliphatic carboxylic acids is 1. The number of carboxylic acid groups (broad SMARTS) is 1. The molecular weight excluding hydrogens is 274 g/mol. The van der Waals surface area contributed by atoms with E-state index in [1.807, 2.05) is 5.38 Å². The van der Waals surface area contributed by atoms with Gasteiger partial charge in [-0.2, -0.15) is 0 Å². The van der Waals surface area contributed by atoms with Gasteiger partial charge in [0.25, 0.3) is 0 Å². The Morgan fingerprint density at radius 2 is 2.10 bits per heavy atom. The second kappa shape index (κ2) is 5.00. The summed E-state index contributed by atoms with van der Waals surface area (Å²) >= 11 is 1.54. The molecule has 0 aliphatic carbocycles. The van der Waals surface area contributed by atoms with Gasteiger partial charge >= 0.3 is 5.97 Å². The van der Waals surface area contributed by atoms with E-state index in [4.69, 9.17) is 0 Å². The van der Waals surface area contributed by atoms with E-state index in [0.29, 0.717) is 5.69 Å². The Morgan fingerprint density at radius 3 is 2.65 bits per heavy atom. The summed E-state index contributed by atoms with van der Waals surface area (Å²) < 4.78 is 0. The van der Waals surface area contributed by atoms with Crippen LogP contribution in [0.5, 0.6) is 0 Å². The van der Waals surface area contributed by atoms with E-state index in [1.54, 1.807) is 13.8 Å². The van der Waals surface area contributed by atoms with Crippen molar-refractivity contribution in [1.29, 1.82) is 0 Å². The van der Waals surface area contributed by atoms with E-state index in [-0.39, 0.29) is 5.54 Å². The fraction of sp³-hybridized carbons (Fsp3) is 0.714. The molecule has 1 aromatic rings. The molecule has 0 unspecified atom stereocenters. The maximum absolute atomic E-state index is 11.3. The summed E-state index contributed by atoms with van der Waals surface area (Å²) in [4.78, 5) is 20.5. The van der Waals surface area contributed by atoms with Gasteiger partial charge in [-0.3, -0.25) is 9.69 Å². The third-order valence-electron chi connectivity index (χ3n) is 4.25. The molecule has 0 saturated carbocycles. The van der Waals surface area contributed by atoms with Crippen molar-refractivity contribution >= 4 is 22.4 Å². The number of carboxylic acids is 1. The standard InChI is InChI=1S/C14H23N3O2S/c1-13(2)9-17(7-6-16(13)5)12-15-10(8-20-12)14(3,4)11(18)19/h8H,6-7,9H2,1-5H3,(H,18,19). The van der Waals surface area contributed by atoms with Crippen molar-refractivity contribution in [3.63, 3.8) is 0 Å². The monoisotopic (exact) mass is 297 g/mol. The van der Waals surface area contributed by atoms with E-state index < -0.39 is 11.4 Å². The number of nitrogens with zero attached hydrogens (tertiary/aromatic N) is 3.